The van der Waals surface area contributed by atoms with Gasteiger partial charge in [-0.2, -0.15) is 0 Å². The summed E-state index contributed by atoms with van der Waals surface area (Å²) in [5.41, 5.74) is 0. The molecule has 0 atom stereocenters. The summed E-state index contributed by atoms with van der Waals surface area (Å²) in [6, 6.07) is 0. The van der Waals surface area contributed by atoms with Gasteiger partial charge >= 0.3 is 36.2 Å². The van der Waals surface area contributed by atoms with Crippen molar-refractivity contribution in [2.75, 3.05) is 0 Å². The molecule has 0 bridgehead atoms. The van der Waals surface area contributed by atoms with Gasteiger partial charge in [0.05, 0.1) is 0 Å². The summed E-state index contributed by atoms with van der Waals surface area (Å²) < 4.78 is 0. The summed E-state index contributed by atoms with van der Waals surface area (Å²) >= 11 is 0. The van der Waals surface area contributed by atoms with Crippen molar-refractivity contribution in [3.8, 4) is 0 Å². The Kier molecular flexibility index (Phi) is 3.15. The topological polar surface area (TPSA) is 47.9 Å². The molecule has 0 aliphatic rings. The molecule has 3 N–H and O–H groups in total. The second-order valence-electron chi connectivity index (χ2n) is 1.02. The summed E-state index contributed by atoms with van der Waals surface area (Å²) in [4.78, 5) is 3.78. The molecular formula is C4H7BN2. The number of rotatable bonds is 0. The van der Waals surface area contributed by atoms with E-state index in [2.05, 4.69) is 4.98 Å². The molecule has 7 heavy (non-hydrogen) atoms. The van der Waals surface area contributed by atoms with Crippen LogP contribution in [0.2, 0.25) is 0 Å². The van der Waals surface area contributed by atoms with Crippen LogP contribution in [0.3, 0.4) is 0 Å². The van der Waals surface area contributed by atoms with Gasteiger partial charge in [-0.15, -0.1) is 0 Å². The van der Waals surface area contributed by atoms with Crippen molar-refractivity contribution in [3.63, 3.8) is 0 Å². The minimum absolute atomic E-state index is 0. The van der Waals surface area contributed by atoms with Crippen LogP contribution >= 0.6 is 0 Å². The van der Waals surface area contributed by atoms with Crippen LogP contribution in [-0.2, 0) is 0 Å². The molecule has 1 aromatic heterocycles. The summed E-state index contributed by atoms with van der Waals surface area (Å²) in [6.45, 7) is 1.94. The first-order valence-corrected chi connectivity index (χ1v) is 1.85. The molecule has 0 spiro atoms. The van der Waals surface area contributed by atoms with Crippen LogP contribution in [0.25, 0.3) is 0 Å². The fraction of sp³-hybridized carbons (Fsp3) is 0. The van der Waals surface area contributed by atoms with Gasteiger partial charge in [0.25, 0.3) is 0 Å². The predicted octanol–water partition coefficient (Wildman–Crippen LogP) is 0.582. The van der Waals surface area contributed by atoms with Crippen LogP contribution < -0.4 is 6.15 Å². The van der Waals surface area contributed by atoms with Crippen LogP contribution in [0.4, 0.5) is 0 Å². The third kappa shape index (κ3) is 2.06. The summed E-state index contributed by atoms with van der Waals surface area (Å²) in [6.07, 6.45) is 3.50. The van der Waals surface area contributed by atoms with Gasteiger partial charge in [0, 0.05) is 0 Å². The zero-order valence-corrected chi connectivity index (χ0v) is 4.04. The molecule has 0 radical (unpaired) electrons. The summed E-state index contributed by atoms with van der Waals surface area (Å²) in [7, 11) is 0. The van der Waals surface area contributed by atoms with E-state index in [0.29, 0.717) is 0 Å². The first-order chi connectivity index (χ1) is 3.00. The van der Waals surface area contributed by atoms with Gasteiger partial charge in [0.1, 0.15) is 0 Å². The van der Waals surface area contributed by atoms with Gasteiger partial charge in [-0.3, -0.25) is 0 Å². The van der Waals surface area contributed by atoms with E-state index >= 15 is 0 Å². The molecule has 1 heterocycles. The normalized spacial score (nSPS) is 6.29. The maximum atomic E-state index is 3.78. The molecule has 0 saturated heterocycles. The molecule has 36 valence electrons. The molecule has 3 heteroatoms. The Labute approximate surface area is 43.4 Å². The van der Waals surface area contributed by atoms with Crippen molar-refractivity contribution >= 4 is 6.91 Å². The van der Waals surface area contributed by atoms with E-state index in [1.807, 2.05) is 18.8 Å². The fourth-order valence-corrected chi connectivity index (χ4v) is 0.313. The van der Waals surface area contributed by atoms with E-state index in [0.717, 1.165) is 0 Å². The maximum absolute atomic E-state index is 3.78. The molecule has 0 amide bonds. The average Bonchev–Trinajstić information content (AvgIpc) is 1.72. The van der Waals surface area contributed by atoms with E-state index in [1.165, 1.54) is 0 Å². The van der Waals surface area contributed by atoms with E-state index < -0.39 is 0 Å². The van der Waals surface area contributed by atoms with Crippen molar-refractivity contribution in [2.24, 2.45) is 0 Å². The van der Waals surface area contributed by atoms with Crippen molar-refractivity contribution < 1.29 is 0 Å². The standard InChI is InChI=1S/C4H4BN.H3N/c1-3-6-4-2-5-1;/h1-4H;1H3. The Morgan fingerprint density at radius 2 is 1.71 bits per heavy atom. The molecule has 0 unspecified atom stereocenters. The van der Waals surface area contributed by atoms with Crippen molar-refractivity contribution in [3.05, 3.63) is 24.3 Å². The SMILES string of the molecule is N.b1ccncc1. The van der Waals surface area contributed by atoms with E-state index in [1.54, 1.807) is 12.4 Å². The minimum atomic E-state index is 0. The zero-order valence-electron chi connectivity index (χ0n) is 4.04. The molecule has 1 aromatic rings. The van der Waals surface area contributed by atoms with E-state index in [4.69, 9.17) is 0 Å². The zero-order chi connectivity index (χ0) is 4.24. The molecule has 2 nitrogen and oxygen atoms in total. The Morgan fingerprint density at radius 3 is 1.86 bits per heavy atom. The number of nitrogens with zero attached hydrogens (tertiary/aromatic N) is 1. The molecule has 1 rings (SSSR count). The number of hydrogen-bond acceptors (Lipinski definition) is 2. The molecule has 0 aliphatic carbocycles. The van der Waals surface area contributed by atoms with Gasteiger partial charge in [-0.25, -0.2) is 0 Å². The number of aromatic nitrogens is 1. The Balaban J connectivity index is 0.000000360. The molecule has 0 saturated carbocycles. The summed E-state index contributed by atoms with van der Waals surface area (Å²) in [5, 5.41) is 0. The first-order valence-electron chi connectivity index (χ1n) is 1.85. The van der Waals surface area contributed by atoms with E-state index in [-0.39, 0.29) is 6.15 Å². The monoisotopic (exact) mass is 94.1 g/mol. The van der Waals surface area contributed by atoms with Crippen LogP contribution in [-0.4, -0.2) is 11.9 Å². The molecular weight excluding hydrogens is 86.9 g/mol. The second kappa shape index (κ2) is 3.49. The van der Waals surface area contributed by atoms with Crippen LogP contribution in [0.1, 0.15) is 0 Å². The first kappa shape index (κ1) is 6.30. The van der Waals surface area contributed by atoms with Crippen molar-refractivity contribution in [1.82, 2.24) is 11.1 Å². The fourth-order valence-electron chi connectivity index (χ4n) is 0.313. The van der Waals surface area contributed by atoms with Crippen LogP contribution in [0.15, 0.2) is 24.3 Å². The van der Waals surface area contributed by atoms with Crippen molar-refractivity contribution in [2.45, 2.75) is 0 Å². The third-order valence-corrected chi connectivity index (χ3v) is 0.566. The van der Waals surface area contributed by atoms with Gasteiger partial charge in [-0.1, -0.05) is 0 Å². The van der Waals surface area contributed by atoms with Crippen molar-refractivity contribution in [1.29, 1.82) is 0 Å². The van der Waals surface area contributed by atoms with Gasteiger partial charge in [-0.05, 0) is 0 Å². The Bertz CT molecular complexity index is 81.6. The van der Waals surface area contributed by atoms with Crippen LogP contribution in [0, 0.1) is 0 Å². The molecule has 0 aliphatic heterocycles. The quantitative estimate of drug-likeness (QED) is 0.511. The third-order valence-electron chi connectivity index (χ3n) is 0.566. The van der Waals surface area contributed by atoms with Gasteiger partial charge < -0.3 is 6.15 Å². The van der Waals surface area contributed by atoms with E-state index in [9.17, 15) is 0 Å². The Morgan fingerprint density at radius 1 is 1.14 bits per heavy atom. The molecule has 0 fully saturated rings. The average molecular weight is 93.9 g/mol. The Hall–Kier alpha value is -0.695. The van der Waals surface area contributed by atoms with Gasteiger partial charge in [0.15, 0.2) is 0 Å². The second-order valence-corrected chi connectivity index (χ2v) is 1.02. The van der Waals surface area contributed by atoms with Crippen LogP contribution in [0.5, 0.6) is 0 Å². The molecule has 0 aromatic carbocycles. The number of hydrogen-bond donors (Lipinski definition) is 1. The van der Waals surface area contributed by atoms with Gasteiger partial charge in [0.2, 0.25) is 0 Å². The predicted molar refractivity (Wildman–Crippen MR) is 30.6 cm³/mol. The summed E-state index contributed by atoms with van der Waals surface area (Å²) in [5.74, 6) is 3.78.